The van der Waals surface area contributed by atoms with Crippen LogP contribution in [-0.2, 0) is 0 Å². The first kappa shape index (κ1) is 13.3. The molecule has 0 amide bonds. The Balaban J connectivity index is 1.89. The van der Waals surface area contributed by atoms with Gasteiger partial charge in [-0.15, -0.1) is 0 Å². The lowest BCUT2D eigenvalue weighted by atomic mass is 10.0. The molecule has 0 aliphatic carbocycles. The van der Waals surface area contributed by atoms with Gasteiger partial charge in [-0.3, -0.25) is 0 Å². The van der Waals surface area contributed by atoms with E-state index in [4.69, 9.17) is 4.98 Å². The number of pyridine rings is 2. The fraction of sp³-hybridized carbons (Fsp3) is 0.500. The van der Waals surface area contributed by atoms with Gasteiger partial charge in [-0.05, 0) is 37.1 Å². The summed E-state index contributed by atoms with van der Waals surface area (Å²) < 4.78 is 0. The average molecular weight is 270 g/mol. The highest BCUT2D eigenvalue weighted by Gasteiger charge is 2.22. The molecule has 2 aromatic rings. The molecule has 4 heteroatoms. The van der Waals surface area contributed by atoms with Crippen LogP contribution in [0.1, 0.15) is 19.5 Å². The predicted octanol–water partition coefficient (Wildman–Crippen LogP) is 2.37. The first-order valence-corrected chi connectivity index (χ1v) is 7.36. The Morgan fingerprint density at radius 3 is 2.80 bits per heavy atom. The summed E-state index contributed by atoms with van der Waals surface area (Å²) in [6, 6.07) is 8.89. The molecule has 0 radical (unpaired) electrons. The highest BCUT2D eigenvalue weighted by molar-refractivity contribution is 5.76. The maximum Gasteiger partial charge on any atom is 0.161 e. The highest BCUT2D eigenvalue weighted by Crippen LogP contribution is 2.19. The number of nitrogens with one attached hydrogen (secondary N) is 1. The normalized spacial score (nSPS) is 19.8. The Morgan fingerprint density at radius 1 is 1.20 bits per heavy atom. The van der Waals surface area contributed by atoms with E-state index in [1.807, 2.05) is 13.0 Å². The van der Waals surface area contributed by atoms with Crippen LogP contribution in [-0.4, -0.2) is 35.6 Å². The Morgan fingerprint density at radius 2 is 2.00 bits per heavy atom. The molecule has 1 N–H and O–H groups in total. The maximum absolute atomic E-state index is 4.74. The van der Waals surface area contributed by atoms with Crippen LogP contribution in [0.2, 0.25) is 0 Å². The molecular formula is C16H22N4. The molecule has 3 heterocycles. The Kier molecular flexibility index (Phi) is 3.57. The third-order valence-corrected chi connectivity index (χ3v) is 4.01. The first-order valence-electron chi connectivity index (χ1n) is 7.36. The van der Waals surface area contributed by atoms with Crippen molar-refractivity contribution in [1.82, 2.24) is 15.3 Å². The smallest absolute Gasteiger partial charge is 0.161 e. The molecule has 0 aromatic carbocycles. The summed E-state index contributed by atoms with van der Waals surface area (Å²) in [5.41, 5.74) is 1.87. The van der Waals surface area contributed by atoms with Gasteiger partial charge in [-0.2, -0.15) is 0 Å². The van der Waals surface area contributed by atoms with Crippen LogP contribution in [0.5, 0.6) is 0 Å². The number of hydrogen-bond acceptors (Lipinski definition) is 4. The maximum atomic E-state index is 4.74. The molecule has 1 aliphatic rings. The zero-order valence-corrected chi connectivity index (χ0v) is 12.4. The minimum absolute atomic E-state index is 0.534. The summed E-state index contributed by atoms with van der Waals surface area (Å²) >= 11 is 0. The molecular weight excluding hydrogens is 248 g/mol. The molecule has 20 heavy (non-hydrogen) atoms. The highest BCUT2D eigenvalue weighted by atomic mass is 15.2. The third-order valence-electron chi connectivity index (χ3n) is 4.01. The van der Waals surface area contributed by atoms with Crippen molar-refractivity contribution in [2.24, 2.45) is 5.92 Å². The lowest BCUT2D eigenvalue weighted by Gasteiger charge is -2.36. The molecule has 3 rings (SSSR count). The predicted molar refractivity (Wildman–Crippen MR) is 83.1 cm³/mol. The Bertz CT molecular complexity index is 608. The molecule has 106 valence electrons. The van der Waals surface area contributed by atoms with Crippen LogP contribution < -0.4 is 10.2 Å². The van der Waals surface area contributed by atoms with Crippen molar-refractivity contribution in [2.75, 3.05) is 24.5 Å². The lowest BCUT2D eigenvalue weighted by molar-refractivity contribution is 0.367. The zero-order valence-electron chi connectivity index (χ0n) is 12.4. The van der Waals surface area contributed by atoms with Crippen LogP contribution in [0, 0.1) is 12.8 Å². The molecule has 1 saturated heterocycles. The summed E-state index contributed by atoms with van der Waals surface area (Å²) in [7, 11) is 0. The zero-order chi connectivity index (χ0) is 14.1. The summed E-state index contributed by atoms with van der Waals surface area (Å²) in [6.45, 7) is 9.58. The lowest BCUT2D eigenvalue weighted by Crippen LogP contribution is -2.53. The summed E-state index contributed by atoms with van der Waals surface area (Å²) in [5, 5.41) is 4.69. The van der Waals surface area contributed by atoms with Crippen molar-refractivity contribution < 1.29 is 0 Å². The van der Waals surface area contributed by atoms with E-state index < -0.39 is 0 Å². The number of fused-ring (bicyclic) bond motifs is 1. The van der Waals surface area contributed by atoms with Gasteiger partial charge >= 0.3 is 0 Å². The van der Waals surface area contributed by atoms with Crippen molar-refractivity contribution in [1.29, 1.82) is 0 Å². The minimum atomic E-state index is 0.534. The van der Waals surface area contributed by atoms with Crippen molar-refractivity contribution in [3.8, 4) is 0 Å². The van der Waals surface area contributed by atoms with E-state index in [0.29, 0.717) is 12.0 Å². The monoisotopic (exact) mass is 270 g/mol. The van der Waals surface area contributed by atoms with Crippen molar-refractivity contribution in [3.05, 3.63) is 30.0 Å². The van der Waals surface area contributed by atoms with E-state index >= 15 is 0 Å². The molecule has 0 spiro atoms. The van der Waals surface area contributed by atoms with Gasteiger partial charge in [0.2, 0.25) is 0 Å². The second kappa shape index (κ2) is 5.37. The van der Waals surface area contributed by atoms with Crippen LogP contribution in [0.25, 0.3) is 11.0 Å². The van der Waals surface area contributed by atoms with Crippen LogP contribution in [0.4, 0.5) is 5.82 Å². The van der Waals surface area contributed by atoms with E-state index in [1.54, 1.807) is 0 Å². The van der Waals surface area contributed by atoms with Crippen LogP contribution >= 0.6 is 0 Å². The standard InChI is InChI=1S/C16H22N4/c1-11(2)14-10-20(9-8-17-14)15-7-6-13-5-4-12(3)18-16(13)19-15/h4-7,11,14,17H,8-10H2,1-3H3. The largest absolute Gasteiger partial charge is 0.354 e. The average Bonchev–Trinajstić information content (AvgIpc) is 2.46. The number of rotatable bonds is 2. The van der Waals surface area contributed by atoms with Gasteiger partial charge in [0.15, 0.2) is 5.65 Å². The van der Waals surface area contributed by atoms with E-state index in [9.17, 15) is 0 Å². The third kappa shape index (κ3) is 2.61. The number of nitrogens with zero attached hydrogens (tertiary/aromatic N) is 3. The van der Waals surface area contributed by atoms with E-state index in [2.05, 4.69) is 47.2 Å². The number of hydrogen-bond donors (Lipinski definition) is 1. The van der Waals surface area contributed by atoms with Gasteiger partial charge < -0.3 is 10.2 Å². The Hall–Kier alpha value is -1.68. The minimum Gasteiger partial charge on any atom is -0.354 e. The number of aromatic nitrogens is 2. The number of piperazine rings is 1. The molecule has 1 aliphatic heterocycles. The SMILES string of the molecule is Cc1ccc2ccc(N3CCNC(C(C)C)C3)nc2n1. The fourth-order valence-electron chi connectivity index (χ4n) is 2.69. The van der Waals surface area contributed by atoms with E-state index in [-0.39, 0.29) is 0 Å². The van der Waals surface area contributed by atoms with Crippen LogP contribution in [0.15, 0.2) is 24.3 Å². The fourth-order valence-corrected chi connectivity index (χ4v) is 2.69. The molecule has 2 aromatic heterocycles. The number of aryl methyl sites for hydroxylation is 1. The first-order chi connectivity index (χ1) is 9.63. The quantitative estimate of drug-likeness (QED) is 0.909. The van der Waals surface area contributed by atoms with Gasteiger partial charge in [-0.25, -0.2) is 9.97 Å². The molecule has 4 nitrogen and oxygen atoms in total. The van der Waals surface area contributed by atoms with Gasteiger partial charge in [0.05, 0.1) is 0 Å². The summed E-state index contributed by atoms with van der Waals surface area (Å²) in [4.78, 5) is 11.6. The second-order valence-electron chi connectivity index (χ2n) is 5.92. The van der Waals surface area contributed by atoms with Gasteiger partial charge in [-0.1, -0.05) is 13.8 Å². The van der Waals surface area contributed by atoms with Crippen molar-refractivity contribution in [2.45, 2.75) is 26.8 Å². The molecule has 0 saturated carbocycles. The van der Waals surface area contributed by atoms with Gasteiger partial charge in [0.1, 0.15) is 5.82 Å². The summed E-state index contributed by atoms with van der Waals surface area (Å²) in [5.74, 6) is 1.68. The molecule has 1 unspecified atom stereocenters. The number of anilines is 1. The van der Waals surface area contributed by atoms with E-state index in [1.165, 1.54) is 0 Å². The Labute approximate surface area is 120 Å². The van der Waals surface area contributed by atoms with Crippen LogP contribution in [0.3, 0.4) is 0 Å². The molecule has 1 fully saturated rings. The van der Waals surface area contributed by atoms with Crippen molar-refractivity contribution in [3.63, 3.8) is 0 Å². The van der Waals surface area contributed by atoms with E-state index in [0.717, 1.165) is 42.2 Å². The van der Waals surface area contributed by atoms with Gasteiger partial charge in [0.25, 0.3) is 0 Å². The summed E-state index contributed by atoms with van der Waals surface area (Å²) in [6.07, 6.45) is 0. The second-order valence-corrected chi connectivity index (χ2v) is 5.92. The van der Waals surface area contributed by atoms with Crippen molar-refractivity contribution >= 4 is 16.9 Å². The topological polar surface area (TPSA) is 41.0 Å². The van der Waals surface area contributed by atoms with Gasteiger partial charge in [0, 0.05) is 36.8 Å². The molecule has 1 atom stereocenters. The molecule has 0 bridgehead atoms.